The molecular weight excluding hydrogens is 228 g/mol. The molecule has 1 heterocycles. The number of aliphatic carboxylic acids is 1. The maximum atomic E-state index is 11.4. The van der Waals surface area contributed by atoms with Gasteiger partial charge in [-0.05, 0) is 39.7 Å². The van der Waals surface area contributed by atoms with Crippen LogP contribution in [0.5, 0.6) is 0 Å². The van der Waals surface area contributed by atoms with E-state index in [9.17, 15) is 9.90 Å². The summed E-state index contributed by atoms with van der Waals surface area (Å²) in [5.41, 5.74) is 0. The predicted octanol–water partition coefficient (Wildman–Crippen LogP) is 2.09. The number of carbonyl (C=O) groups is 1. The molecule has 0 saturated carbocycles. The summed E-state index contributed by atoms with van der Waals surface area (Å²) in [4.78, 5) is 13.6. The van der Waals surface area contributed by atoms with Crippen molar-refractivity contribution in [3.05, 3.63) is 0 Å². The smallest absolute Gasteiger partial charge is 0.320 e. The van der Waals surface area contributed by atoms with Crippen molar-refractivity contribution in [2.75, 3.05) is 13.1 Å². The Bertz CT molecular complexity index is 250. The molecule has 2 N–H and O–H groups in total. The summed E-state index contributed by atoms with van der Waals surface area (Å²) in [5.74, 6) is -0.679. The second kappa shape index (κ2) is 7.74. The Labute approximate surface area is 111 Å². The third kappa shape index (κ3) is 4.58. The van der Waals surface area contributed by atoms with Gasteiger partial charge in [0.25, 0.3) is 0 Å². The highest BCUT2D eigenvalue weighted by molar-refractivity contribution is 5.73. The molecule has 4 heteroatoms. The van der Waals surface area contributed by atoms with Gasteiger partial charge in [0, 0.05) is 18.6 Å². The molecule has 0 aromatic heterocycles. The normalized spacial score (nSPS) is 22.4. The molecule has 0 bridgehead atoms. The lowest BCUT2D eigenvalue weighted by molar-refractivity contribution is -0.144. The summed E-state index contributed by atoms with van der Waals surface area (Å²) in [5, 5.41) is 12.9. The van der Waals surface area contributed by atoms with E-state index in [1.54, 1.807) is 0 Å². The Morgan fingerprint density at radius 2 is 2.17 bits per heavy atom. The van der Waals surface area contributed by atoms with Gasteiger partial charge in [0.2, 0.25) is 0 Å². The van der Waals surface area contributed by atoms with Crippen molar-refractivity contribution in [2.45, 2.75) is 71.0 Å². The highest BCUT2D eigenvalue weighted by Crippen LogP contribution is 2.16. The zero-order chi connectivity index (χ0) is 13.5. The van der Waals surface area contributed by atoms with Gasteiger partial charge in [0.05, 0.1) is 0 Å². The Kier molecular flexibility index (Phi) is 6.65. The van der Waals surface area contributed by atoms with Crippen LogP contribution in [0.2, 0.25) is 0 Å². The van der Waals surface area contributed by atoms with Gasteiger partial charge in [-0.3, -0.25) is 9.69 Å². The largest absolute Gasteiger partial charge is 0.480 e. The maximum absolute atomic E-state index is 11.4. The molecule has 0 radical (unpaired) electrons. The van der Waals surface area contributed by atoms with Crippen LogP contribution in [0.15, 0.2) is 0 Å². The van der Waals surface area contributed by atoms with E-state index in [-0.39, 0.29) is 12.1 Å². The van der Waals surface area contributed by atoms with E-state index in [0.29, 0.717) is 6.04 Å². The van der Waals surface area contributed by atoms with Gasteiger partial charge in [-0.2, -0.15) is 0 Å². The monoisotopic (exact) mass is 256 g/mol. The van der Waals surface area contributed by atoms with E-state index in [1.165, 1.54) is 19.3 Å². The van der Waals surface area contributed by atoms with Crippen molar-refractivity contribution in [3.63, 3.8) is 0 Å². The lowest BCUT2D eigenvalue weighted by Crippen LogP contribution is -2.52. The van der Waals surface area contributed by atoms with Gasteiger partial charge < -0.3 is 10.4 Å². The summed E-state index contributed by atoms with van der Waals surface area (Å²) in [6, 6.07) is 0.403. The summed E-state index contributed by atoms with van der Waals surface area (Å²) in [6.45, 7) is 8.16. The van der Waals surface area contributed by atoms with Crippen LogP contribution in [0.25, 0.3) is 0 Å². The van der Waals surface area contributed by atoms with Crippen molar-refractivity contribution in [1.82, 2.24) is 10.2 Å². The average molecular weight is 256 g/mol. The number of hydrogen-bond acceptors (Lipinski definition) is 3. The zero-order valence-electron chi connectivity index (χ0n) is 12.0. The molecular formula is C14H28N2O2. The van der Waals surface area contributed by atoms with Crippen molar-refractivity contribution >= 4 is 5.97 Å². The number of piperidine rings is 1. The number of carboxylic acids is 1. The van der Waals surface area contributed by atoms with Gasteiger partial charge in [0.1, 0.15) is 6.04 Å². The molecule has 1 aliphatic rings. The van der Waals surface area contributed by atoms with Crippen molar-refractivity contribution in [2.24, 2.45) is 0 Å². The van der Waals surface area contributed by atoms with E-state index in [1.807, 2.05) is 6.92 Å². The van der Waals surface area contributed by atoms with Crippen LogP contribution in [-0.2, 0) is 4.79 Å². The van der Waals surface area contributed by atoms with E-state index >= 15 is 0 Å². The molecule has 1 fully saturated rings. The van der Waals surface area contributed by atoms with Crippen LogP contribution in [-0.4, -0.2) is 47.2 Å². The SMILES string of the molecule is CCCC(C(=O)O)N(CC1CCCCN1)C(C)C. The quantitative estimate of drug-likeness (QED) is 0.732. The number of carboxylic acid groups (broad SMARTS) is 1. The molecule has 1 saturated heterocycles. The second-order valence-electron chi connectivity index (χ2n) is 5.58. The highest BCUT2D eigenvalue weighted by Gasteiger charge is 2.29. The molecule has 106 valence electrons. The Morgan fingerprint density at radius 1 is 1.44 bits per heavy atom. The molecule has 1 rings (SSSR count). The van der Waals surface area contributed by atoms with Crippen LogP contribution < -0.4 is 5.32 Å². The van der Waals surface area contributed by atoms with Crippen LogP contribution in [0, 0.1) is 0 Å². The van der Waals surface area contributed by atoms with Gasteiger partial charge >= 0.3 is 5.97 Å². The van der Waals surface area contributed by atoms with Gasteiger partial charge in [0.15, 0.2) is 0 Å². The molecule has 0 aliphatic carbocycles. The summed E-state index contributed by atoms with van der Waals surface area (Å²) >= 11 is 0. The highest BCUT2D eigenvalue weighted by atomic mass is 16.4. The fourth-order valence-corrected chi connectivity index (χ4v) is 2.74. The van der Waals surface area contributed by atoms with Gasteiger partial charge in [-0.15, -0.1) is 0 Å². The average Bonchev–Trinajstić information content (AvgIpc) is 2.34. The van der Waals surface area contributed by atoms with E-state index in [4.69, 9.17) is 0 Å². The van der Waals surface area contributed by atoms with Gasteiger partial charge in [-0.25, -0.2) is 0 Å². The molecule has 0 amide bonds. The fourth-order valence-electron chi connectivity index (χ4n) is 2.74. The molecule has 1 aliphatic heterocycles. The Hall–Kier alpha value is -0.610. The number of rotatable bonds is 7. The standard InChI is InChI=1S/C14H28N2O2/c1-4-7-13(14(17)18)16(11(2)3)10-12-8-5-6-9-15-12/h11-13,15H,4-10H2,1-3H3,(H,17,18). The Morgan fingerprint density at radius 3 is 2.61 bits per heavy atom. The molecule has 4 nitrogen and oxygen atoms in total. The number of nitrogens with zero attached hydrogens (tertiary/aromatic N) is 1. The molecule has 2 unspecified atom stereocenters. The Balaban J connectivity index is 2.63. The molecule has 0 aromatic rings. The molecule has 0 aromatic carbocycles. The van der Waals surface area contributed by atoms with Crippen LogP contribution in [0.1, 0.15) is 52.9 Å². The third-order valence-electron chi connectivity index (χ3n) is 3.75. The van der Waals surface area contributed by atoms with Gasteiger partial charge in [-0.1, -0.05) is 19.8 Å². The maximum Gasteiger partial charge on any atom is 0.320 e. The first kappa shape index (κ1) is 15.4. The summed E-state index contributed by atoms with van der Waals surface area (Å²) in [7, 11) is 0. The molecule has 18 heavy (non-hydrogen) atoms. The number of hydrogen-bond donors (Lipinski definition) is 2. The summed E-state index contributed by atoms with van der Waals surface area (Å²) < 4.78 is 0. The minimum Gasteiger partial charge on any atom is -0.480 e. The first-order valence-corrected chi connectivity index (χ1v) is 7.28. The minimum atomic E-state index is -0.679. The zero-order valence-corrected chi connectivity index (χ0v) is 12.0. The van der Waals surface area contributed by atoms with Crippen LogP contribution in [0.4, 0.5) is 0 Å². The summed E-state index contributed by atoms with van der Waals surface area (Å²) in [6.07, 6.45) is 5.32. The van der Waals surface area contributed by atoms with Crippen molar-refractivity contribution < 1.29 is 9.90 Å². The lowest BCUT2D eigenvalue weighted by Gasteiger charge is -2.36. The van der Waals surface area contributed by atoms with Crippen molar-refractivity contribution in [1.29, 1.82) is 0 Å². The predicted molar refractivity (Wildman–Crippen MR) is 73.8 cm³/mol. The van der Waals surface area contributed by atoms with E-state index < -0.39 is 5.97 Å². The van der Waals surface area contributed by atoms with E-state index in [0.717, 1.165) is 25.9 Å². The first-order valence-electron chi connectivity index (χ1n) is 7.28. The lowest BCUT2D eigenvalue weighted by atomic mass is 10.0. The first-order chi connectivity index (χ1) is 8.56. The second-order valence-corrected chi connectivity index (χ2v) is 5.58. The minimum absolute atomic E-state index is 0.279. The third-order valence-corrected chi connectivity index (χ3v) is 3.75. The molecule has 0 spiro atoms. The van der Waals surface area contributed by atoms with Crippen LogP contribution in [0.3, 0.4) is 0 Å². The van der Waals surface area contributed by atoms with Crippen LogP contribution >= 0.6 is 0 Å². The number of nitrogens with one attached hydrogen (secondary N) is 1. The topological polar surface area (TPSA) is 52.6 Å². The fraction of sp³-hybridized carbons (Fsp3) is 0.929. The van der Waals surface area contributed by atoms with E-state index in [2.05, 4.69) is 24.1 Å². The molecule has 2 atom stereocenters. The van der Waals surface area contributed by atoms with Crippen molar-refractivity contribution in [3.8, 4) is 0 Å².